The summed E-state index contributed by atoms with van der Waals surface area (Å²) in [5.41, 5.74) is 5.76. The van der Waals surface area contributed by atoms with Gasteiger partial charge in [-0.3, -0.25) is 10.1 Å². The summed E-state index contributed by atoms with van der Waals surface area (Å²) in [7, 11) is 1.52. The third-order valence-electron chi connectivity index (χ3n) is 2.40. The number of aromatic nitrogens is 2. The van der Waals surface area contributed by atoms with E-state index < -0.39 is 4.92 Å². The molecule has 1 aromatic heterocycles. The molecule has 0 saturated carbocycles. The highest BCUT2D eigenvalue weighted by Gasteiger charge is 2.17. The van der Waals surface area contributed by atoms with Gasteiger partial charge in [-0.2, -0.15) is 4.98 Å². The Labute approximate surface area is 122 Å². The molecule has 8 nitrogen and oxygen atoms in total. The van der Waals surface area contributed by atoms with Crippen molar-refractivity contribution in [1.29, 1.82) is 0 Å². The molecule has 2 aromatic rings. The van der Waals surface area contributed by atoms with Crippen LogP contribution in [0.5, 0.6) is 5.75 Å². The first-order valence-corrected chi connectivity index (χ1v) is 6.18. The minimum Gasteiger partial charge on any atom is -0.495 e. The van der Waals surface area contributed by atoms with Gasteiger partial charge in [0.2, 0.25) is 11.8 Å². The summed E-state index contributed by atoms with van der Waals surface area (Å²) in [5, 5.41) is 13.7. The maximum Gasteiger partial charge on any atom is 0.329 e. The van der Waals surface area contributed by atoms with Crippen molar-refractivity contribution < 1.29 is 9.66 Å². The number of nitro groups is 1. The Morgan fingerprint density at radius 2 is 2.25 bits per heavy atom. The Bertz CT molecular complexity index is 665. The van der Waals surface area contributed by atoms with Crippen LogP contribution in [0.2, 0.25) is 0 Å². The quantitative estimate of drug-likeness (QED) is 0.649. The maximum absolute atomic E-state index is 10.9. The summed E-state index contributed by atoms with van der Waals surface area (Å²) in [5.74, 6) is 0.550. The summed E-state index contributed by atoms with van der Waals surface area (Å²) < 4.78 is 5.91. The fourth-order valence-electron chi connectivity index (χ4n) is 1.49. The number of hydrogen-bond donors (Lipinski definition) is 2. The molecule has 0 aliphatic heterocycles. The number of nitrogens with zero attached hydrogens (tertiary/aromatic N) is 3. The Morgan fingerprint density at radius 3 is 2.90 bits per heavy atom. The molecule has 104 valence electrons. The van der Waals surface area contributed by atoms with Gasteiger partial charge in [-0.25, -0.2) is 4.98 Å². The molecule has 0 aliphatic carbocycles. The van der Waals surface area contributed by atoms with Crippen molar-refractivity contribution in [1.82, 2.24) is 9.97 Å². The number of benzene rings is 1. The lowest BCUT2D eigenvalue weighted by Crippen LogP contribution is -2.04. The van der Waals surface area contributed by atoms with Gasteiger partial charge in [0.05, 0.1) is 16.5 Å². The molecule has 1 heterocycles. The molecule has 0 unspecified atom stereocenters. The van der Waals surface area contributed by atoms with Crippen molar-refractivity contribution in [3.63, 3.8) is 0 Å². The van der Waals surface area contributed by atoms with Crippen molar-refractivity contribution in [2.24, 2.45) is 0 Å². The van der Waals surface area contributed by atoms with E-state index in [0.717, 1.165) is 10.7 Å². The number of nitrogens with two attached hydrogens (primary N) is 1. The highest BCUT2D eigenvalue weighted by Crippen LogP contribution is 2.31. The van der Waals surface area contributed by atoms with Gasteiger partial charge in [0.25, 0.3) is 0 Å². The van der Waals surface area contributed by atoms with E-state index in [9.17, 15) is 10.1 Å². The lowest BCUT2D eigenvalue weighted by atomic mass is 10.3. The Morgan fingerprint density at radius 1 is 1.50 bits per heavy atom. The minimum absolute atomic E-state index is 0.0203. The molecule has 0 amide bonds. The van der Waals surface area contributed by atoms with Crippen molar-refractivity contribution in [3.05, 3.63) is 39.0 Å². The van der Waals surface area contributed by atoms with E-state index in [1.54, 1.807) is 18.2 Å². The lowest BCUT2D eigenvalue weighted by molar-refractivity contribution is -0.384. The molecule has 3 N–H and O–H groups in total. The monoisotopic (exact) mass is 339 g/mol. The lowest BCUT2D eigenvalue weighted by Gasteiger charge is -2.09. The zero-order valence-corrected chi connectivity index (χ0v) is 11.9. The van der Waals surface area contributed by atoms with E-state index in [0.29, 0.717) is 11.4 Å². The number of anilines is 3. The number of halogens is 1. The molecule has 9 heteroatoms. The first-order valence-electron chi connectivity index (χ1n) is 5.38. The summed E-state index contributed by atoms with van der Waals surface area (Å²) in [6, 6.07) is 5.14. The van der Waals surface area contributed by atoms with Gasteiger partial charge >= 0.3 is 5.69 Å². The van der Waals surface area contributed by atoms with Crippen LogP contribution in [0.1, 0.15) is 0 Å². The third kappa shape index (κ3) is 2.94. The van der Waals surface area contributed by atoms with E-state index >= 15 is 0 Å². The number of hydrogen-bond acceptors (Lipinski definition) is 7. The van der Waals surface area contributed by atoms with Crippen LogP contribution in [0.15, 0.2) is 28.9 Å². The Hall–Kier alpha value is -2.42. The number of rotatable bonds is 4. The van der Waals surface area contributed by atoms with E-state index in [1.165, 1.54) is 7.11 Å². The van der Waals surface area contributed by atoms with Crippen molar-refractivity contribution in [2.45, 2.75) is 0 Å². The SMILES string of the molecule is COc1cc(Nc2nc(N)ncc2[N+](=O)[O-])ccc1Br. The third-order valence-corrected chi connectivity index (χ3v) is 3.05. The second-order valence-electron chi connectivity index (χ2n) is 3.69. The van der Waals surface area contributed by atoms with E-state index in [-0.39, 0.29) is 17.5 Å². The molecule has 0 saturated heterocycles. The predicted octanol–water partition coefficient (Wildman–Crippen LogP) is 2.48. The van der Waals surface area contributed by atoms with Gasteiger partial charge in [0, 0.05) is 11.8 Å². The topological polar surface area (TPSA) is 116 Å². The molecule has 1 aromatic carbocycles. The van der Waals surface area contributed by atoms with Gasteiger partial charge in [0.1, 0.15) is 11.9 Å². The summed E-state index contributed by atoms with van der Waals surface area (Å²) >= 11 is 3.32. The highest BCUT2D eigenvalue weighted by atomic mass is 79.9. The largest absolute Gasteiger partial charge is 0.495 e. The Balaban J connectivity index is 2.39. The van der Waals surface area contributed by atoms with Crippen LogP contribution in [0, 0.1) is 10.1 Å². The number of nitrogen functional groups attached to an aromatic ring is 1. The summed E-state index contributed by atoms with van der Waals surface area (Å²) in [6.45, 7) is 0. The molecule has 2 rings (SSSR count). The van der Waals surface area contributed by atoms with Crippen LogP contribution in [0.3, 0.4) is 0 Å². The van der Waals surface area contributed by atoms with Crippen molar-refractivity contribution in [2.75, 3.05) is 18.2 Å². The Kier molecular flexibility index (Phi) is 3.99. The zero-order valence-electron chi connectivity index (χ0n) is 10.3. The normalized spacial score (nSPS) is 10.1. The molecule has 0 fully saturated rings. The van der Waals surface area contributed by atoms with Crippen LogP contribution >= 0.6 is 15.9 Å². The standard InChI is InChI=1S/C11H10BrN5O3/c1-20-9-4-6(2-3-7(9)12)15-10-8(17(18)19)5-14-11(13)16-10/h2-5H,1H3,(H3,13,14,15,16). The molecular formula is C11H10BrN5O3. The first kappa shape index (κ1) is 14.0. The molecule has 0 spiro atoms. The van der Waals surface area contributed by atoms with Crippen molar-refractivity contribution >= 4 is 39.1 Å². The van der Waals surface area contributed by atoms with Crippen LogP contribution in [-0.2, 0) is 0 Å². The fraction of sp³-hybridized carbons (Fsp3) is 0.0909. The van der Waals surface area contributed by atoms with Gasteiger partial charge in [-0.05, 0) is 28.1 Å². The predicted molar refractivity (Wildman–Crippen MR) is 77.1 cm³/mol. The average molecular weight is 340 g/mol. The van der Waals surface area contributed by atoms with Gasteiger partial charge in [-0.15, -0.1) is 0 Å². The molecule has 0 atom stereocenters. The van der Waals surface area contributed by atoms with Crippen LogP contribution in [0.25, 0.3) is 0 Å². The van der Waals surface area contributed by atoms with Crippen LogP contribution < -0.4 is 15.8 Å². The van der Waals surface area contributed by atoms with Crippen LogP contribution in [0.4, 0.5) is 23.1 Å². The fourth-order valence-corrected chi connectivity index (χ4v) is 1.90. The molecule has 0 aliphatic rings. The smallest absolute Gasteiger partial charge is 0.329 e. The summed E-state index contributed by atoms with van der Waals surface area (Å²) in [6.07, 6.45) is 1.06. The highest BCUT2D eigenvalue weighted by molar-refractivity contribution is 9.10. The minimum atomic E-state index is -0.585. The average Bonchev–Trinajstić information content (AvgIpc) is 2.40. The van der Waals surface area contributed by atoms with Crippen molar-refractivity contribution in [3.8, 4) is 5.75 Å². The van der Waals surface area contributed by atoms with Crippen LogP contribution in [-0.4, -0.2) is 22.0 Å². The zero-order chi connectivity index (χ0) is 14.7. The number of nitrogens with one attached hydrogen (secondary N) is 1. The van der Waals surface area contributed by atoms with E-state index in [2.05, 4.69) is 31.2 Å². The van der Waals surface area contributed by atoms with E-state index in [4.69, 9.17) is 10.5 Å². The van der Waals surface area contributed by atoms with Gasteiger partial charge in [-0.1, -0.05) is 0 Å². The number of ether oxygens (including phenoxy) is 1. The summed E-state index contributed by atoms with van der Waals surface area (Å²) in [4.78, 5) is 17.8. The van der Waals surface area contributed by atoms with Gasteiger partial charge in [0.15, 0.2) is 0 Å². The molecule has 20 heavy (non-hydrogen) atoms. The molecule has 0 bridgehead atoms. The second kappa shape index (κ2) is 5.70. The second-order valence-corrected chi connectivity index (χ2v) is 4.55. The molecular weight excluding hydrogens is 330 g/mol. The van der Waals surface area contributed by atoms with E-state index in [1.807, 2.05) is 0 Å². The first-order chi connectivity index (χ1) is 9.51. The molecule has 0 radical (unpaired) electrons. The van der Waals surface area contributed by atoms with Gasteiger partial charge < -0.3 is 15.8 Å². The number of methoxy groups -OCH3 is 1. The maximum atomic E-state index is 10.9.